The van der Waals surface area contributed by atoms with Crippen molar-refractivity contribution in [2.75, 3.05) is 17.2 Å². The average Bonchev–Trinajstić information content (AvgIpc) is 2.68. The number of carbonyl (C=O) groups excluding carboxylic acids is 2. The zero-order valence-corrected chi connectivity index (χ0v) is 16.3. The molecule has 0 bridgehead atoms. The molecule has 1 aliphatic rings. The molecule has 2 aromatic carbocycles. The fraction of sp³-hybridized carbons (Fsp3) is 0.238. The molecule has 0 saturated heterocycles. The number of allylic oxidation sites excluding steroid dienone is 1. The van der Waals surface area contributed by atoms with E-state index in [1.807, 2.05) is 0 Å². The third-order valence-corrected chi connectivity index (χ3v) is 4.68. The highest BCUT2D eigenvalue weighted by molar-refractivity contribution is 6.03. The van der Waals surface area contributed by atoms with Crippen molar-refractivity contribution in [2.45, 2.75) is 26.1 Å². The van der Waals surface area contributed by atoms with Crippen LogP contribution in [0.4, 0.5) is 29.3 Å². The van der Waals surface area contributed by atoms with E-state index in [1.165, 1.54) is 19.1 Å². The summed E-state index contributed by atoms with van der Waals surface area (Å²) in [4.78, 5) is 26.6. The highest BCUT2D eigenvalue weighted by atomic mass is 19.4. The van der Waals surface area contributed by atoms with Crippen molar-refractivity contribution in [3.05, 3.63) is 70.9 Å². The summed E-state index contributed by atoms with van der Waals surface area (Å²) >= 11 is 0. The summed E-state index contributed by atoms with van der Waals surface area (Å²) in [6.07, 6.45) is -4.57. The Labute approximate surface area is 171 Å². The van der Waals surface area contributed by atoms with Crippen molar-refractivity contribution >= 4 is 23.4 Å². The van der Waals surface area contributed by atoms with E-state index in [0.717, 1.165) is 17.0 Å². The number of esters is 1. The number of rotatable bonds is 4. The third-order valence-electron chi connectivity index (χ3n) is 4.68. The van der Waals surface area contributed by atoms with Gasteiger partial charge in [0.15, 0.2) is 0 Å². The number of benzene rings is 2. The van der Waals surface area contributed by atoms with Crippen LogP contribution < -0.4 is 16.0 Å². The molecule has 3 rings (SSSR count). The van der Waals surface area contributed by atoms with Crippen LogP contribution in [0.2, 0.25) is 0 Å². The number of alkyl halides is 3. The topological polar surface area (TPSA) is 84.7 Å². The lowest BCUT2D eigenvalue weighted by atomic mass is 9.94. The maximum absolute atomic E-state index is 13.1. The molecule has 1 aliphatic heterocycles. The first-order chi connectivity index (χ1) is 14.1. The minimum atomic E-state index is -4.57. The summed E-state index contributed by atoms with van der Waals surface area (Å²) in [5.41, 5.74) is 6.18. The summed E-state index contributed by atoms with van der Waals surface area (Å²) in [5.74, 6) is -0.672. The Morgan fingerprint density at radius 1 is 1.20 bits per heavy atom. The molecule has 0 unspecified atom stereocenters. The standard InChI is InChI=1S/C21H20F3N3O3/c1-3-30-19(28)17-12(2)27(16-6-4-5-14(11-16)21(22,23)24)20(29)26-18(17)13-7-9-15(25)10-8-13/h4-11,18H,3,25H2,1-2H3,(H,26,29)/t18-/m1/s1. The molecule has 0 spiro atoms. The molecule has 6 nitrogen and oxygen atoms in total. The molecule has 30 heavy (non-hydrogen) atoms. The van der Waals surface area contributed by atoms with Crippen molar-refractivity contribution in [3.8, 4) is 0 Å². The zero-order valence-electron chi connectivity index (χ0n) is 16.3. The van der Waals surface area contributed by atoms with E-state index in [2.05, 4.69) is 5.32 Å². The summed E-state index contributed by atoms with van der Waals surface area (Å²) in [6, 6.07) is 9.40. The molecule has 3 N–H and O–H groups in total. The number of halogens is 3. The highest BCUT2D eigenvalue weighted by Gasteiger charge is 2.38. The third kappa shape index (κ3) is 4.10. The van der Waals surface area contributed by atoms with Gasteiger partial charge in [-0.25, -0.2) is 9.59 Å². The molecule has 0 fully saturated rings. The number of amides is 2. The Morgan fingerprint density at radius 2 is 1.87 bits per heavy atom. The van der Waals surface area contributed by atoms with Gasteiger partial charge in [0.1, 0.15) is 0 Å². The smallest absolute Gasteiger partial charge is 0.416 e. The van der Waals surface area contributed by atoms with Crippen molar-refractivity contribution in [1.29, 1.82) is 0 Å². The van der Waals surface area contributed by atoms with Gasteiger partial charge in [0, 0.05) is 11.4 Å². The number of urea groups is 1. The lowest BCUT2D eigenvalue weighted by molar-refractivity contribution is -0.139. The van der Waals surface area contributed by atoms with Gasteiger partial charge in [0.25, 0.3) is 0 Å². The fourth-order valence-corrected chi connectivity index (χ4v) is 3.29. The maximum Gasteiger partial charge on any atom is 0.416 e. The Hall–Kier alpha value is -3.49. The number of ether oxygens (including phenoxy) is 1. The Morgan fingerprint density at radius 3 is 2.47 bits per heavy atom. The van der Waals surface area contributed by atoms with Gasteiger partial charge in [-0.15, -0.1) is 0 Å². The second kappa shape index (κ2) is 8.10. The molecule has 0 saturated carbocycles. The van der Waals surface area contributed by atoms with E-state index in [0.29, 0.717) is 11.3 Å². The van der Waals surface area contributed by atoms with Crippen LogP contribution in [0.25, 0.3) is 0 Å². The predicted molar refractivity (Wildman–Crippen MR) is 105 cm³/mol. The second-order valence-electron chi connectivity index (χ2n) is 6.65. The molecular formula is C21H20F3N3O3. The van der Waals surface area contributed by atoms with Crippen LogP contribution in [0.15, 0.2) is 59.8 Å². The summed E-state index contributed by atoms with van der Waals surface area (Å²) < 4.78 is 44.6. The first-order valence-electron chi connectivity index (χ1n) is 9.14. The van der Waals surface area contributed by atoms with E-state index in [9.17, 15) is 22.8 Å². The Bertz CT molecular complexity index is 1000. The van der Waals surface area contributed by atoms with Crippen LogP contribution in [0.1, 0.15) is 31.0 Å². The normalized spacial score (nSPS) is 17.0. The number of nitrogens with two attached hydrogens (primary N) is 1. The lowest BCUT2D eigenvalue weighted by Gasteiger charge is -2.35. The molecule has 0 aromatic heterocycles. The van der Waals surface area contributed by atoms with Crippen LogP contribution in [-0.4, -0.2) is 18.6 Å². The minimum absolute atomic E-state index is 0.0163. The fourth-order valence-electron chi connectivity index (χ4n) is 3.29. The van der Waals surface area contributed by atoms with Crippen molar-refractivity contribution in [3.63, 3.8) is 0 Å². The number of nitrogen functional groups attached to an aromatic ring is 1. The molecule has 2 aromatic rings. The van der Waals surface area contributed by atoms with Crippen LogP contribution >= 0.6 is 0 Å². The van der Waals surface area contributed by atoms with Gasteiger partial charge in [-0.05, 0) is 49.7 Å². The van der Waals surface area contributed by atoms with Gasteiger partial charge in [-0.3, -0.25) is 4.90 Å². The molecule has 9 heteroatoms. The van der Waals surface area contributed by atoms with Crippen molar-refractivity contribution < 1.29 is 27.5 Å². The summed E-state index contributed by atoms with van der Waals surface area (Å²) in [6.45, 7) is 3.23. The molecule has 158 valence electrons. The second-order valence-corrected chi connectivity index (χ2v) is 6.65. The lowest BCUT2D eigenvalue weighted by Crippen LogP contribution is -2.48. The first kappa shape index (κ1) is 21.2. The van der Waals surface area contributed by atoms with Gasteiger partial charge in [0.2, 0.25) is 0 Å². The first-order valence-corrected chi connectivity index (χ1v) is 9.14. The molecule has 0 radical (unpaired) electrons. The molecule has 1 atom stereocenters. The van der Waals surface area contributed by atoms with Gasteiger partial charge >= 0.3 is 18.2 Å². The van der Waals surface area contributed by atoms with Crippen LogP contribution in [0.3, 0.4) is 0 Å². The van der Waals surface area contributed by atoms with Gasteiger partial charge in [-0.2, -0.15) is 13.2 Å². The average molecular weight is 419 g/mol. The quantitative estimate of drug-likeness (QED) is 0.569. The molecular weight excluding hydrogens is 399 g/mol. The maximum atomic E-state index is 13.1. The van der Waals surface area contributed by atoms with Crippen LogP contribution in [0, 0.1) is 0 Å². The Balaban J connectivity index is 2.13. The largest absolute Gasteiger partial charge is 0.463 e. The van der Waals surface area contributed by atoms with E-state index in [-0.39, 0.29) is 23.6 Å². The van der Waals surface area contributed by atoms with E-state index in [4.69, 9.17) is 10.5 Å². The van der Waals surface area contributed by atoms with E-state index in [1.54, 1.807) is 31.2 Å². The number of nitrogens with zero attached hydrogens (tertiary/aromatic N) is 1. The van der Waals surface area contributed by atoms with Gasteiger partial charge < -0.3 is 15.8 Å². The highest BCUT2D eigenvalue weighted by Crippen LogP contribution is 2.37. The minimum Gasteiger partial charge on any atom is -0.463 e. The number of carbonyl (C=O) groups is 2. The summed E-state index contributed by atoms with van der Waals surface area (Å²) in [7, 11) is 0. The van der Waals surface area contributed by atoms with Crippen LogP contribution in [-0.2, 0) is 15.7 Å². The van der Waals surface area contributed by atoms with Gasteiger partial charge in [-0.1, -0.05) is 18.2 Å². The molecule has 1 heterocycles. The number of hydrogen-bond donors (Lipinski definition) is 2. The zero-order chi connectivity index (χ0) is 22.1. The molecule has 2 amide bonds. The Kier molecular flexibility index (Phi) is 5.73. The van der Waals surface area contributed by atoms with Crippen LogP contribution in [0.5, 0.6) is 0 Å². The van der Waals surface area contributed by atoms with Crippen molar-refractivity contribution in [1.82, 2.24) is 5.32 Å². The predicted octanol–water partition coefficient (Wildman–Crippen LogP) is 4.40. The van der Waals surface area contributed by atoms with Gasteiger partial charge in [0.05, 0.1) is 29.5 Å². The van der Waals surface area contributed by atoms with Crippen molar-refractivity contribution in [2.24, 2.45) is 0 Å². The van der Waals surface area contributed by atoms with E-state index >= 15 is 0 Å². The summed E-state index contributed by atoms with van der Waals surface area (Å²) in [5, 5.41) is 2.68. The van der Waals surface area contributed by atoms with E-state index < -0.39 is 29.8 Å². The monoisotopic (exact) mass is 419 g/mol. The number of hydrogen-bond acceptors (Lipinski definition) is 4. The SMILES string of the molecule is CCOC(=O)C1=C(C)N(c2cccc(C(F)(F)F)c2)C(=O)N[C@@H]1c1ccc(N)cc1. The number of nitrogens with one attached hydrogen (secondary N) is 1. The molecule has 0 aliphatic carbocycles. The number of anilines is 2.